The Labute approximate surface area is 99.4 Å². The van der Waals surface area contributed by atoms with Crippen LogP contribution < -0.4 is 16.4 Å². The Hall–Kier alpha value is -1.78. The quantitative estimate of drug-likeness (QED) is 0.692. The number of hydrogen-bond acceptors (Lipinski definition) is 2. The molecule has 0 atom stereocenters. The minimum absolute atomic E-state index is 0.112. The summed E-state index contributed by atoms with van der Waals surface area (Å²) in [5.41, 5.74) is 6.06. The Morgan fingerprint density at radius 1 is 1.35 bits per heavy atom. The van der Waals surface area contributed by atoms with Gasteiger partial charge in [-0.05, 0) is 31.0 Å². The van der Waals surface area contributed by atoms with Crippen LogP contribution in [0.5, 0.6) is 0 Å². The number of benzene rings is 1. The van der Waals surface area contributed by atoms with Gasteiger partial charge in [-0.25, -0.2) is 9.18 Å². The zero-order valence-electron chi connectivity index (χ0n) is 9.50. The van der Waals surface area contributed by atoms with Crippen molar-refractivity contribution >= 4 is 17.4 Å². The van der Waals surface area contributed by atoms with Crippen molar-refractivity contribution in [1.29, 1.82) is 0 Å². The Morgan fingerprint density at radius 2 is 2.06 bits per heavy atom. The number of nitrogens with two attached hydrogens (primary N) is 1. The van der Waals surface area contributed by atoms with Gasteiger partial charge in [0, 0.05) is 11.7 Å². The van der Waals surface area contributed by atoms with E-state index in [4.69, 9.17) is 5.73 Å². The molecule has 1 aromatic carbocycles. The molecular formula is C12H16FN3O. The molecule has 4 nitrogen and oxygen atoms in total. The number of nitrogens with one attached hydrogen (secondary N) is 2. The molecular weight excluding hydrogens is 221 g/mol. The molecule has 4 N–H and O–H groups in total. The number of rotatable bonds is 2. The number of carbonyl (C=O) groups is 1. The second-order valence-electron chi connectivity index (χ2n) is 4.32. The molecule has 1 fully saturated rings. The van der Waals surface area contributed by atoms with Gasteiger partial charge in [-0.15, -0.1) is 0 Å². The zero-order valence-corrected chi connectivity index (χ0v) is 9.50. The van der Waals surface area contributed by atoms with E-state index in [1.165, 1.54) is 18.2 Å². The topological polar surface area (TPSA) is 67.1 Å². The third-order valence-electron chi connectivity index (χ3n) is 2.93. The number of carbonyl (C=O) groups excluding carboxylic acids is 1. The van der Waals surface area contributed by atoms with Gasteiger partial charge in [0.1, 0.15) is 5.82 Å². The zero-order chi connectivity index (χ0) is 12.3. The number of hydrogen-bond donors (Lipinski definition) is 3. The largest absolute Gasteiger partial charge is 0.399 e. The molecule has 1 aromatic rings. The highest BCUT2D eigenvalue weighted by Crippen LogP contribution is 2.19. The lowest BCUT2D eigenvalue weighted by Crippen LogP contribution is -2.36. The highest BCUT2D eigenvalue weighted by molar-refractivity contribution is 5.90. The lowest BCUT2D eigenvalue weighted by Gasteiger charge is -2.13. The number of amides is 2. The summed E-state index contributed by atoms with van der Waals surface area (Å²) in [4.78, 5) is 11.6. The molecule has 0 unspecified atom stereocenters. The average molecular weight is 237 g/mol. The van der Waals surface area contributed by atoms with Crippen molar-refractivity contribution in [3.05, 3.63) is 24.0 Å². The van der Waals surface area contributed by atoms with Crippen LogP contribution in [0.15, 0.2) is 18.2 Å². The van der Waals surface area contributed by atoms with E-state index in [1.807, 2.05) is 0 Å². The van der Waals surface area contributed by atoms with Crippen molar-refractivity contribution in [2.75, 3.05) is 11.1 Å². The van der Waals surface area contributed by atoms with Crippen molar-refractivity contribution in [3.8, 4) is 0 Å². The Bertz CT molecular complexity index is 416. The molecule has 2 rings (SSSR count). The van der Waals surface area contributed by atoms with Gasteiger partial charge in [-0.3, -0.25) is 0 Å². The van der Waals surface area contributed by atoms with Crippen LogP contribution in [-0.4, -0.2) is 12.1 Å². The number of anilines is 2. The molecule has 2 amide bonds. The summed E-state index contributed by atoms with van der Waals surface area (Å²) in [6.45, 7) is 0. The smallest absolute Gasteiger partial charge is 0.319 e. The molecule has 92 valence electrons. The van der Waals surface area contributed by atoms with Gasteiger partial charge in [-0.2, -0.15) is 0 Å². The summed E-state index contributed by atoms with van der Waals surface area (Å²) in [7, 11) is 0. The first kappa shape index (κ1) is 11.7. The lowest BCUT2D eigenvalue weighted by molar-refractivity contribution is 0.248. The van der Waals surface area contributed by atoms with E-state index in [1.54, 1.807) is 0 Å². The Kier molecular flexibility index (Phi) is 3.46. The fourth-order valence-corrected chi connectivity index (χ4v) is 2.05. The van der Waals surface area contributed by atoms with Gasteiger partial charge in [0.05, 0.1) is 5.69 Å². The van der Waals surface area contributed by atoms with Crippen LogP contribution in [0.1, 0.15) is 25.7 Å². The van der Waals surface area contributed by atoms with Gasteiger partial charge < -0.3 is 16.4 Å². The maximum absolute atomic E-state index is 13.3. The first-order valence-corrected chi connectivity index (χ1v) is 5.77. The molecule has 0 spiro atoms. The summed E-state index contributed by atoms with van der Waals surface area (Å²) >= 11 is 0. The molecule has 0 heterocycles. The third-order valence-corrected chi connectivity index (χ3v) is 2.93. The minimum atomic E-state index is -0.485. The summed E-state index contributed by atoms with van der Waals surface area (Å²) in [5, 5.41) is 5.29. The van der Waals surface area contributed by atoms with E-state index in [0.717, 1.165) is 25.7 Å². The maximum atomic E-state index is 13.3. The summed E-state index contributed by atoms with van der Waals surface area (Å²) in [5.74, 6) is -0.485. The lowest BCUT2D eigenvalue weighted by atomic mass is 10.2. The van der Waals surface area contributed by atoms with E-state index >= 15 is 0 Å². The average Bonchev–Trinajstić information content (AvgIpc) is 2.76. The van der Waals surface area contributed by atoms with Crippen molar-refractivity contribution in [2.24, 2.45) is 0 Å². The van der Waals surface area contributed by atoms with E-state index in [0.29, 0.717) is 5.69 Å². The standard InChI is InChI=1S/C12H16FN3O/c13-10-6-5-8(14)7-11(10)16-12(17)15-9-3-1-2-4-9/h5-7,9H,1-4,14H2,(H2,15,16,17). The van der Waals surface area contributed by atoms with Gasteiger partial charge >= 0.3 is 6.03 Å². The van der Waals surface area contributed by atoms with Crippen LogP contribution in [-0.2, 0) is 0 Å². The molecule has 5 heteroatoms. The van der Waals surface area contributed by atoms with Crippen molar-refractivity contribution in [2.45, 2.75) is 31.7 Å². The van der Waals surface area contributed by atoms with Gasteiger partial charge in [-0.1, -0.05) is 12.8 Å². The van der Waals surface area contributed by atoms with Crippen molar-refractivity contribution in [3.63, 3.8) is 0 Å². The minimum Gasteiger partial charge on any atom is -0.399 e. The monoisotopic (exact) mass is 237 g/mol. The third kappa shape index (κ3) is 3.09. The highest BCUT2D eigenvalue weighted by Gasteiger charge is 2.17. The van der Waals surface area contributed by atoms with E-state index in [9.17, 15) is 9.18 Å². The summed E-state index contributed by atoms with van der Waals surface area (Å²) < 4.78 is 13.3. The highest BCUT2D eigenvalue weighted by atomic mass is 19.1. The molecule has 17 heavy (non-hydrogen) atoms. The van der Waals surface area contributed by atoms with Crippen LogP contribution in [0.2, 0.25) is 0 Å². The fourth-order valence-electron chi connectivity index (χ4n) is 2.05. The number of nitrogen functional groups attached to an aromatic ring is 1. The molecule has 0 aliphatic heterocycles. The van der Waals surface area contributed by atoms with Gasteiger partial charge in [0.2, 0.25) is 0 Å². The maximum Gasteiger partial charge on any atom is 0.319 e. The first-order valence-electron chi connectivity index (χ1n) is 5.77. The second-order valence-corrected chi connectivity index (χ2v) is 4.32. The molecule has 0 aromatic heterocycles. The van der Waals surface area contributed by atoms with Crippen LogP contribution in [0.4, 0.5) is 20.6 Å². The van der Waals surface area contributed by atoms with E-state index in [-0.39, 0.29) is 17.8 Å². The molecule has 1 saturated carbocycles. The SMILES string of the molecule is Nc1ccc(F)c(NC(=O)NC2CCCC2)c1. The molecule has 0 saturated heterocycles. The second kappa shape index (κ2) is 5.03. The fraction of sp³-hybridized carbons (Fsp3) is 0.417. The van der Waals surface area contributed by atoms with Crippen molar-refractivity contribution < 1.29 is 9.18 Å². The first-order chi connectivity index (χ1) is 8.15. The summed E-state index contributed by atoms with van der Waals surface area (Å²) in [6, 6.07) is 3.93. The predicted octanol–water partition coefficient (Wildman–Crippen LogP) is 2.47. The molecule has 1 aliphatic carbocycles. The normalized spacial score (nSPS) is 15.8. The summed E-state index contributed by atoms with van der Waals surface area (Å²) in [6.07, 6.45) is 4.26. The number of urea groups is 1. The van der Waals surface area contributed by atoms with E-state index in [2.05, 4.69) is 10.6 Å². The Morgan fingerprint density at radius 3 is 2.76 bits per heavy atom. The van der Waals surface area contributed by atoms with Crippen LogP contribution in [0.25, 0.3) is 0 Å². The van der Waals surface area contributed by atoms with Gasteiger partial charge in [0.25, 0.3) is 0 Å². The molecule has 0 radical (unpaired) electrons. The van der Waals surface area contributed by atoms with Gasteiger partial charge in [0.15, 0.2) is 0 Å². The number of halogens is 1. The van der Waals surface area contributed by atoms with Crippen molar-refractivity contribution in [1.82, 2.24) is 5.32 Å². The van der Waals surface area contributed by atoms with Crippen LogP contribution in [0, 0.1) is 5.82 Å². The van der Waals surface area contributed by atoms with Crippen LogP contribution in [0.3, 0.4) is 0 Å². The van der Waals surface area contributed by atoms with Crippen LogP contribution >= 0.6 is 0 Å². The van der Waals surface area contributed by atoms with E-state index < -0.39 is 5.82 Å². The molecule has 0 bridgehead atoms. The molecule has 1 aliphatic rings. The predicted molar refractivity (Wildman–Crippen MR) is 65.2 cm³/mol. The Balaban J connectivity index is 1.95.